The van der Waals surface area contributed by atoms with Gasteiger partial charge in [-0.25, -0.2) is 0 Å². The molecule has 0 unspecified atom stereocenters. The largest absolute Gasteiger partial charge is 0.311 e. The van der Waals surface area contributed by atoms with Gasteiger partial charge in [0.15, 0.2) is 0 Å². The number of hydrogen-bond acceptors (Lipinski definition) is 2. The molecular formula is C9H17N3. The number of nitrogens with one attached hydrogen (secondary N) is 1. The van der Waals surface area contributed by atoms with E-state index in [9.17, 15) is 0 Å². The maximum absolute atomic E-state index is 4.17. The average Bonchev–Trinajstić information content (AvgIpc) is 2.35. The highest BCUT2D eigenvalue weighted by Gasteiger charge is 2.01. The summed E-state index contributed by atoms with van der Waals surface area (Å²) in [5.41, 5.74) is 2.55. The lowest BCUT2D eigenvalue weighted by Crippen LogP contribution is -2.16. The minimum Gasteiger partial charge on any atom is -0.311 e. The van der Waals surface area contributed by atoms with E-state index in [1.54, 1.807) is 0 Å². The molecule has 0 aliphatic rings. The van der Waals surface area contributed by atoms with Crippen molar-refractivity contribution >= 4 is 0 Å². The van der Waals surface area contributed by atoms with Crippen molar-refractivity contribution in [2.45, 2.75) is 26.8 Å². The minimum absolute atomic E-state index is 0.927. The summed E-state index contributed by atoms with van der Waals surface area (Å²) < 4.78 is 1.93. The molecular weight excluding hydrogens is 150 g/mol. The minimum atomic E-state index is 0.927. The standard InChI is InChI=1S/C9H17N3/c1-4-5-10-7-9-8(2)6-11-12(9)3/h6,10H,4-5,7H2,1-3H3. The first kappa shape index (κ1) is 9.26. The van der Waals surface area contributed by atoms with Gasteiger partial charge in [0.2, 0.25) is 0 Å². The molecule has 0 saturated heterocycles. The molecule has 0 saturated carbocycles. The Balaban J connectivity index is 2.50. The molecule has 1 heterocycles. The SMILES string of the molecule is CCCNCc1c(C)cnn1C. The van der Waals surface area contributed by atoms with Crippen LogP contribution in [-0.4, -0.2) is 16.3 Å². The Morgan fingerprint density at radius 3 is 2.83 bits per heavy atom. The van der Waals surface area contributed by atoms with Crippen LogP contribution in [0.4, 0.5) is 0 Å². The first-order valence-electron chi connectivity index (χ1n) is 4.44. The van der Waals surface area contributed by atoms with Crippen LogP contribution in [0, 0.1) is 6.92 Å². The molecule has 68 valence electrons. The van der Waals surface area contributed by atoms with E-state index >= 15 is 0 Å². The maximum atomic E-state index is 4.17. The predicted octanol–water partition coefficient (Wildman–Crippen LogP) is 1.23. The fraction of sp³-hybridized carbons (Fsp3) is 0.667. The van der Waals surface area contributed by atoms with Gasteiger partial charge in [-0.3, -0.25) is 4.68 Å². The van der Waals surface area contributed by atoms with E-state index in [1.165, 1.54) is 17.7 Å². The molecule has 1 rings (SSSR count). The fourth-order valence-corrected chi connectivity index (χ4v) is 1.21. The van der Waals surface area contributed by atoms with Crippen LogP contribution in [0.3, 0.4) is 0 Å². The third kappa shape index (κ3) is 2.08. The highest BCUT2D eigenvalue weighted by atomic mass is 15.3. The molecule has 12 heavy (non-hydrogen) atoms. The van der Waals surface area contributed by atoms with Crippen LogP contribution in [0.2, 0.25) is 0 Å². The van der Waals surface area contributed by atoms with Gasteiger partial charge >= 0.3 is 0 Å². The number of nitrogens with zero attached hydrogens (tertiary/aromatic N) is 2. The zero-order valence-electron chi connectivity index (χ0n) is 8.09. The van der Waals surface area contributed by atoms with Gasteiger partial charge < -0.3 is 5.32 Å². The van der Waals surface area contributed by atoms with Crippen molar-refractivity contribution in [2.75, 3.05) is 6.54 Å². The van der Waals surface area contributed by atoms with Gasteiger partial charge in [0, 0.05) is 13.6 Å². The smallest absolute Gasteiger partial charge is 0.0547 e. The molecule has 0 aliphatic carbocycles. The third-order valence-corrected chi connectivity index (χ3v) is 1.99. The molecule has 3 heteroatoms. The number of aryl methyl sites for hydroxylation is 2. The van der Waals surface area contributed by atoms with Crippen LogP contribution in [0.15, 0.2) is 6.20 Å². The summed E-state index contributed by atoms with van der Waals surface area (Å²) in [4.78, 5) is 0. The summed E-state index contributed by atoms with van der Waals surface area (Å²) in [6, 6.07) is 0. The van der Waals surface area contributed by atoms with E-state index in [1.807, 2.05) is 17.9 Å². The molecule has 0 aromatic carbocycles. The van der Waals surface area contributed by atoms with Crippen molar-refractivity contribution < 1.29 is 0 Å². The van der Waals surface area contributed by atoms with E-state index in [4.69, 9.17) is 0 Å². The van der Waals surface area contributed by atoms with Gasteiger partial charge in [-0.1, -0.05) is 6.92 Å². The first-order chi connectivity index (χ1) is 5.75. The lowest BCUT2D eigenvalue weighted by Gasteiger charge is -2.04. The second-order valence-electron chi connectivity index (χ2n) is 3.07. The van der Waals surface area contributed by atoms with E-state index < -0.39 is 0 Å². The van der Waals surface area contributed by atoms with Crippen molar-refractivity contribution in [3.63, 3.8) is 0 Å². The average molecular weight is 167 g/mol. The third-order valence-electron chi connectivity index (χ3n) is 1.99. The summed E-state index contributed by atoms with van der Waals surface area (Å²) in [5.74, 6) is 0. The second kappa shape index (κ2) is 4.26. The van der Waals surface area contributed by atoms with Crippen molar-refractivity contribution in [1.82, 2.24) is 15.1 Å². The van der Waals surface area contributed by atoms with Crippen molar-refractivity contribution in [1.29, 1.82) is 0 Å². The van der Waals surface area contributed by atoms with Crippen LogP contribution in [0.1, 0.15) is 24.6 Å². The van der Waals surface area contributed by atoms with Crippen LogP contribution < -0.4 is 5.32 Å². The van der Waals surface area contributed by atoms with E-state index in [2.05, 4.69) is 24.3 Å². The van der Waals surface area contributed by atoms with Crippen LogP contribution >= 0.6 is 0 Å². The van der Waals surface area contributed by atoms with E-state index in [-0.39, 0.29) is 0 Å². The fourth-order valence-electron chi connectivity index (χ4n) is 1.21. The zero-order chi connectivity index (χ0) is 8.97. The molecule has 3 nitrogen and oxygen atoms in total. The molecule has 0 aliphatic heterocycles. The maximum Gasteiger partial charge on any atom is 0.0547 e. The van der Waals surface area contributed by atoms with Gasteiger partial charge in [0.25, 0.3) is 0 Å². The van der Waals surface area contributed by atoms with Crippen LogP contribution in [-0.2, 0) is 13.6 Å². The van der Waals surface area contributed by atoms with Gasteiger partial charge in [-0.2, -0.15) is 5.10 Å². The Labute approximate surface area is 73.8 Å². The molecule has 0 amide bonds. The predicted molar refractivity (Wildman–Crippen MR) is 49.9 cm³/mol. The highest BCUT2D eigenvalue weighted by Crippen LogP contribution is 2.04. The Hall–Kier alpha value is -0.830. The van der Waals surface area contributed by atoms with Crippen molar-refractivity contribution in [3.05, 3.63) is 17.5 Å². The second-order valence-corrected chi connectivity index (χ2v) is 3.07. The molecule has 1 N–H and O–H groups in total. The van der Waals surface area contributed by atoms with Crippen molar-refractivity contribution in [2.24, 2.45) is 7.05 Å². The lowest BCUT2D eigenvalue weighted by molar-refractivity contribution is 0.618. The quantitative estimate of drug-likeness (QED) is 0.683. The van der Waals surface area contributed by atoms with Crippen molar-refractivity contribution in [3.8, 4) is 0 Å². The molecule has 1 aromatic rings. The summed E-state index contributed by atoms with van der Waals surface area (Å²) in [5, 5.41) is 7.53. The number of rotatable bonds is 4. The highest BCUT2D eigenvalue weighted by molar-refractivity contribution is 5.14. The monoisotopic (exact) mass is 167 g/mol. The first-order valence-corrected chi connectivity index (χ1v) is 4.44. The Bertz CT molecular complexity index is 220. The summed E-state index contributed by atoms with van der Waals surface area (Å²) in [7, 11) is 1.98. The number of aromatic nitrogens is 2. The Morgan fingerprint density at radius 1 is 1.58 bits per heavy atom. The summed E-state index contributed by atoms with van der Waals surface area (Å²) >= 11 is 0. The molecule has 1 aromatic heterocycles. The van der Waals surface area contributed by atoms with Crippen LogP contribution in [0.5, 0.6) is 0 Å². The van der Waals surface area contributed by atoms with Gasteiger partial charge in [0.1, 0.15) is 0 Å². The normalized spacial score (nSPS) is 10.6. The van der Waals surface area contributed by atoms with E-state index in [0.717, 1.165) is 13.1 Å². The summed E-state index contributed by atoms with van der Waals surface area (Å²) in [6.07, 6.45) is 3.08. The van der Waals surface area contributed by atoms with Gasteiger partial charge in [0.05, 0.1) is 11.9 Å². The topological polar surface area (TPSA) is 29.9 Å². The molecule has 0 radical (unpaired) electrons. The lowest BCUT2D eigenvalue weighted by atomic mass is 10.3. The Kier molecular flexibility index (Phi) is 3.29. The van der Waals surface area contributed by atoms with Gasteiger partial charge in [-0.05, 0) is 25.5 Å². The van der Waals surface area contributed by atoms with Gasteiger partial charge in [-0.15, -0.1) is 0 Å². The van der Waals surface area contributed by atoms with E-state index in [0.29, 0.717) is 0 Å². The summed E-state index contributed by atoms with van der Waals surface area (Å²) in [6.45, 7) is 6.26. The molecule has 0 fully saturated rings. The molecule has 0 bridgehead atoms. The molecule has 0 spiro atoms. The zero-order valence-corrected chi connectivity index (χ0v) is 8.09. The van der Waals surface area contributed by atoms with Crippen LogP contribution in [0.25, 0.3) is 0 Å². The number of hydrogen-bond donors (Lipinski definition) is 1. The molecule has 0 atom stereocenters. The Morgan fingerprint density at radius 2 is 2.33 bits per heavy atom.